The molecule has 3 rings (SSSR count). The number of hydrogen-bond acceptors (Lipinski definition) is 2. The highest BCUT2D eigenvalue weighted by Crippen LogP contribution is 2.30. The first kappa shape index (κ1) is 16.2. The topological polar surface area (TPSA) is 55.1 Å². The average Bonchev–Trinajstić information content (AvgIpc) is 2.88. The van der Waals surface area contributed by atoms with E-state index >= 15 is 0 Å². The smallest absolute Gasteiger partial charge is 0.307 e. The fourth-order valence-corrected chi connectivity index (χ4v) is 3.04. The average molecular weight is 322 g/mol. The van der Waals surface area contributed by atoms with Crippen LogP contribution in [0.15, 0.2) is 36.4 Å². The van der Waals surface area contributed by atoms with Crippen molar-refractivity contribution in [3.05, 3.63) is 53.1 Å². The summed E-state index contributed by atoms with van der Waals surface area (Å²) in [5.74, 6) is 0.0996. The van der Waals surface area contributed by atoms with Crippen molar-refractivity contribution >= 4 is 17.0 Å². The number of carbonyl (C=O) groups is 1. The van der Waals surface area contributed by atoms with Gasteiger partial charge in [-0.1, -0.05) is 18.2 Å². The molecule has 0 saturated heterocycles. The molecule has 0 radical (unpaired) electrons. The molecule has 0 saturated carbocycles. The van der Waals surface area contributed by atoms with Crippen molar-refractivity contribution in [3.63, 3.8) is 0 Å². The van der Waals surface area contributed by atoms with Crippen LogP contribution in [0.25, 0.3) is 22.4 Å². The molecule has 0 aliphatic heterocycles. The second-order valence-corrected chi connectivity index (χ2v) is 6.59. The fraction of sp³-hybridized carbons (Fsp3) is 0.300. The molecule has 0 atom stereocenters. The zero-order valence-corrected chi connectivity index (χ0v) is 14.5. The summed E-state index contributed by atoms with van der Waals surface area (Å²) >= 11 is 0. The van der Waals surface area contributed by atoms with E-state index in [1.807, 2.05) is 18.2 Å². The Morgan fingerprint density at radius 2 is 1.88 bits per heavy atom. The van der Waals surface area contributed by atoms with Gasteiger partial charge in [0, 0.05) is 11.6 Å². The summed E-state index contributed by atoms with van der Waals surface area (Å²) in [6.45, 7) is 8.47. The van der Waals surface area contributed by atoms with Gasteiger partial charge in [-0.05, 0) is 62.6 Å². The second-order valence-electron chi connectivity index (χ2n) is 6.59. The lowest BCUT2D eigenvalue weighted by Gasteiger charge is -2.14. The van der Waals surface area contributed by atoms with E-state index in [2.05, 4.69) is 50.5 Å². The minimum Gasteiger partial charge on any atom is -0.481 e. The van der Waals surface area contributed by atoms with Crippen LogP contribution in [0.3, 0.4) is 0 Å². The molecule has 24 heavy (non-hydrogen) atoms. The monoisotopic (exact) mass is 322 g/mol. The Morgan fingerprint density at radius 3 is 2.50 bits per heavy atom. The van der Waals surface area contributed by atoms with Crippen LogP contribution in [0.1, 0.15) is 36.6 Å². The van der Waals surface area contributed by atoms with Crippen LogP contribution >= 0.6 is 0 Å². The van der Waals surface area contributed by atoms with Crippen LogP contribution in [0.4, 0.5) is 0 Å². The molecule has 3 aromatic rings. The Kier molecular flexibility index (Phi) is 4.14. The van der Waals surface area contributed by atoms with Gasteiger partial charge in [0.1, 0.15) is 5.82 Å². The Labute approximate surface area is 141 Å². The first-order valence-corrected chi connectivity index (χ1v) is 8.17. The summed E-state index contributed by atoms with van der Waals surface area (Å²) in [6, 6.07) is 12.4. The van der Waals surface area contributed by atoms with Gasteiger partial charge < -0.3 is 9.67 Å². The summed E-state index contributed by atoms with van der Waals surface area (Å²) in [4.78, 5) is 15.8. The third-order valence-corrected chi connectivity index (χ3v) is 4.39. The first-order chi connectivity index (χ1) is 11.4. The molecule has 0 aliphatic carbocycles. The number of rotatable bonds is 4. The quantitative estimate of drug-likeness (QED) is 0.768. The summed E-state index contributed by atoms with van der Waals surface area (Å²) in [5.41, 5.74) is 6.23. The van der Waals surface area contributed by atoms with Crippen LogP contribution in [0.2, 0.25) is 0 Å². The minimum atomic E-state index is -0.827. The van der Waals surface area contributed by atoms with Gasteiger partial charge in [-0.15, -0.1) is 0 Å². The maximum atomic E-state index is 11.0. The van der Waals surface area contributed by atoms with Crippen LogP contribution in [0, 0.1) is 13.8 Å². The van der Waals surface area contributed by atoms with Gasteiger partial charge in [0.05, 0.1) is 17.5 Å². The van der Waals surface area contributed by atoms with Crippen molar-refractivity contribution in [2.75, 3.05) is 0 Å². The lowest BCUT2D eigenvalue weighted by atomic mass is 10.1. The van der Waals surface area contributed by atoms with Crippen molar-refractivity contribution in [2.45, 2.75) is 40.2 Å². The Hall–Kier alpha value is -2.62. The lowest BCUT2D eigenvalue weighted by Crippen LogP contribution is -2.03. The van der Waals surface area contributed by atoms with Crippen molar-refractivity contribution < 1.29 is 9.90 Å². The highest BCUT2D eigenvalue weighted by atomic mass is 16.4. The number of aliphatic carboxylic acids is 1. The molecular formula is C20H22N2O2. The molecule has 1 heterocycles. The van der Waals surface area contributed by atoms with Gasteiger partial charge in [0.25, 0.3) is 0 Å². The van der Waals surface area contributed by atoms with Crippen LogP contribution < -0.4 is 0 Å². The summed E-state index contributed by atoms with van der Waals surface area (Å²) in [7, 11) is 0. The number of fused-ring (bicyclic) bond motifs is 1. The Morgan fingerprint density at radius 1 is 1.12 bits per heavy atom. The van der Waals surface area contributed by atoms with E-state index in [1.165, 1.54) is 11.1 Å². The van der Waals surface area contributed by atoms with Crippen molar-refractivity contribution in [2.24, 2.45) is 0 Å². The Balaban J connectivity index is 2.20. The third-order valence-electron chi connectivity index (χ3n) is 4.39. The molecule has 0 aliphatic rings. The molecule has 4 nitrogen and oxygen atoms in total. The van der Waals surface area contributed by atoms with Crippen LogP contribution in [-0.4, -0.2) is 20.6 Å². The molecule has 0 amide bonds. The van der Waals surface area contributed by atoms with E-state index in [0.717, 1.165) is 28.0 Å². The lowest BCUT2D eigenvalue weighted by molar-refractivity contribution is -0.136. The minimum absolute atomic E-state index is 0.0173. The zero-order valence-electron chi connectivity index (χ0n) is 14.5. The number of benzene rings is 2. The van der Waals surface area contributed by atoms with Gasteiger partial charge in [-0.2, -0.15) is 0 Å². The van der Waals surface area contributed by atoms with E-state index in [4.69, 9.17) is 10.1 Å². The number of aromatic nitrogens is 2. The SMILES string of the molecule is Cc1ccc(-c2nc3cc(CC(=O)O)ccc3n2C(C)C)cc1C. The largest absolute Gasteiger partial charge is 0.481 e. The normalized spacial score (nSPS) is 11.4. The standard InChI is InChI=1S/C20H22N2O2/c1-12(2)22-18-8-6-15(11-19(23)24)10-17(18)21-20(22)16-7-5-13(3)14(4)9-16/h5-10,12H,11H2,1-4H3,(H,23,24). The van der Waals surface area contributed by atoms with E-state index in [9.17, 15) is 4.79 Å². The first-order valence-electron chi connectivity index (χ1n) is 8.17. The number of carboxylic acid groups (broad SMARTS) is 1. The van der Waals surface area contributed by atoms with Gasteiger partial charge in [-0.3, -0.25) is 4.79 Å². The van der Waals surface area contributed by atoms with Crippen molar-refractivity contribution in [3.8, 4) is 11.4 Å². The second kappa shape index (κ2) is 6.11. The molecule has 1 aromatic heterocycles. The van der Waals surface area contributed by atoms with E-state index in [1.54, 1.807) is 0 Å². The number of hydrogen-bond donors (Lipinski definition) is 1. The predicted molar refractivity (Wildman–Crippen MR) is 96.4 cm³/mol. The molecule has 1 N–H and O–H groups in total. The molecule has 0 unspecified atom stereocenters. The number of imidazole rings is 1. The molecule has 0 spiro atoms. The highest BCUT2D eigenvalue weighted by molar-refractivity contribution is 5.83. The van der Waals surface area contributed by atoms with E-state index in [-0.39, 0.29) is 12.5 Å². The van der Waals surface area contributed by atoms with Crippen LogP contribution in [-0.2, 0) is 11.2 Å². The van der Waals surface area contributed by atoms with Gasteiger partial charge in [-0.25, -0.2) is 4.98 Å². The number of nitrogens with zero attached hydrogens (tertiary/aromatic N) is 2. The van der Waals surface area contributed by atoms with Gasteiger partial charge in [0.15, 0.2) is 0 Å². The summed E-state index contributed by atoms with van der Waals surface area (Å²) < 4.78 is 2.21. The van der Waals surface area contributed by atoms with Gasteiger partial charge >= 0.3 is 5.97 Å². The molecule has 0 bridgehead atoms. The molecular weight excluding hydrogens is 300 g/mol. The van der Waals surface area contributed by atoms with E-state index in [0.29, 0.717) is 0 Å². The molecule has 124 valence electrons. The predicted octanol–water partition coefficient (Wildman–Crippen LogP) is 4.53. The van der Waals surface area contributed by atoms with E-state index < -0.39 is 5.97 Å². The zero-order chi connectivity index (χ0) is 17.4. The molecule has 0 fully saturated rings. The van der Waals surface area contributed by atoms with Gasteiger partial charge in [0.2, 0.25) is 0 Å². The van der Waals surface area contributed by atoms with Crippen LogP contribution in [0.5, 0.6) is 0 Å². The summed E-state index contributed by atoms with van der Waals surface area (Å²) in [6.07, 6.45) is 0.0173. The third kappa shape index (κ3) is 2.92. The Bertz CT molecular complexity index is 923. The van der Waals surface area contributed by atoms with Crippen molar-refractivity contribution in [1.82, 2.24) is 9.55 Å². The fourth-order valence-electron chi connectivity index (χ4n) is 3.04. The molecule has 4 heteroatoms. The maximum Gasteiger partial charge on any atom is 0.307 e. The maximum absolute atomic E-state index is 11.0. The number of carboxylic acids is 1. The summed E-state index contributed by atoms with van der Waals surface area (Å²) in [5, 5.41) is 9.00. The number of aryl methyl sites for hydroxylation is 2. The molecule has 2 aromatic carbocycles. The highest BCUT2D eigenvalue weighted by Gasteiger charge is 2.16. The van der Waals surface area contributed by atoms with Crippen molar-refractivity contribution in [1.29, 1.82) is 0 Å².